The topological polar surface area (TPSA) is 50.4 Å². The third-order valence-corrected chi connectivity index (χ3v) is 6.29. The van der Waals surface area contributed by atoms with Crippen LogP contribution >= 0.6 is 0 Å². The number of urea groups is 1. The summed E-state index contributed by atoms with van der Waals surface area (Å²) < 4.78 is 19.2. The normalized spacial score (nSPS) is 22.3. The predicted octanol–water partition coefficient (Wildman–Crippen LogP) is 4.78. The Hall–Kier alpha value is -1.78. The summed E-state index contributed by atoms with van der Waals surface area (Å²) in [5.74, 6) is 0.276. The van der Waals surface area contributed by atoms with Crippen LogP contribution in [0.25, 0.3) is 0 Å². The predicted molar refractivity (Wildman–Crippen MR) is 95.5 cm³/mol. The molecule has 1 spiro atoms. The number of carbonyl (C=O) groups excluding carboxylic acids is 1. The van der Waals surface area contributed by atoms with Crippen LogP contribution < -0.4 is 15.4 Å². The van der Waals surface area contributed by atoms with Crippen molar-refractivity contribution in [1.29, 1.82) is 0 Å². The lowest BCUT2D eigenvalue weighted by atomic mass is 9.64. The molecule has 3 aliphatic rings. The van der Waals surface area contributed by atoms with Crippen molar-refractivity contribution in [2.24, 2.45) is 5.41 Å². The molecule has 2 saturated carbocycles. The van der Waals surface area contributed by atoms with Crippen LogP contribution in [0.5, 0.6) is 5.75 Å². The standard InChI is InChI=1S/C20H27FN2O2/c21-15-12-14-6-11-25-18(14)17(13-15)23-19(24)22-16-4-9-20(10-5-16)7-2-1-3-8-20/h12-13,16H,1-11H2,(H2,22,23,24). The van der Waals surface area contributed by atoms with Gasteiger partial charge in [0.2, 0.25) is 0 Å². The average molecular weight is 346 g/mol. The molecule has 4 rings (SSSR count). The fourth-order valence-corrected chi connectivity index (χ4v) is 4.88. The number of halogens is 1. The first kappa shape index (κ1) is 16.7. The molecule has 4 nitrogen and oxygen atoms in total. The van der Waals surface area contributed by atoms with Crippen molar-refractivity contribution in [2.45, 2.75) is 70.3 Å². The third-order valence-electron chi connectivity index (χ3n) is 6.29. The van der Waals surface area contributed by atoms with E-state index in [4.69, 9.17) is 4.74 Å². The number of carbonyl (C=O) groups is 1. The van der Waals surface area contributed by atoms with Crippen LogP contribution in [0.3, 0.4) is 0 Å². The number of amides is 2. The number of anilines is 1. The van der Waals surface area contributed by atoms with Crippen LogP contribution in [0.4, 0.5) is 14.9 Å². The quantitative estimate of drug-likeness (QED) is 0.810. The number of hydrogen-bond donors (Lipinski definition) is 2. The number of fused-ring (bicyclic) bond motifs is 1. The maximum atomic E-state index is 13.7. The van der Waals surface area contributed by atoms with E-state index in [0.29, 0.717) is 29.9 Å². The van der Waals surface area contributed by atoms with E-state index >= 15 is 0 Å². The van der Waals surface area contributed by atoms with E-state index in [1.165, 1.54) is 57.1 Å². The van der Waals surface area contributed by atoms with Gasteiger partial charge in [0.15, 0.2) is 0 Å². The molecule has 0 aromatic heterocycles. The maximum absolute atomic E-state index is 13.7. The number of nitrogens with one attached hydrogen (secondary N) is 2. The zero-order valence-electron chi connectivity index (χ0n) is 14.7. The van der Waals surface area contributed by atoms with E-state index < -0.39 is 0 Å². The van der Waals surface area contributed by atoms with Crippen LogP contribution in [-0.4, -0.2) is 18.7 Å². The lowest BCUT2D eigenvalue weighted by Crippen LogP contribution is -2.43. The van der Waals surface area contributed by atoms with E-state index in [1.54, 1.807) is 0 Å². The van der Waals surface area contributed by atoms with E-state index in [9.17, 15) is 9.18 Å². The fraction of sp³-hybridized carbons (Fsp3) is 0.650. The zero-order valence-corrected chi connectivity index (χ0v) is 14.7. The van der Waals surface area contributed by atoms with Gasteiger partial charge in [-0.05, 0) is 50.0 Å². The molecule has 2 aliphatic carbocycles. The molecule has 136 valence electrons. The van der Waals surface area contributed by atoms with E-state index in [2.05, 4.69) is 10.6 Å². The van der Waals surface area contributed by atoms with E-state index in [-0.39, 0.29) is 17.9 Å². The molecule has 0 atom stereocenters. The van der Waals surface area contributed by atoms with Gasteiger partial charge in [-0.15, -0.1) is 0 Å². The molecule has 1 aliphatic heterocycles. The Morgan fingerprint density at radius 2 is 1.88 bits per heavy atom. The summed E-state index contributed by atoms with van der Waals surface area (Å²) >= 11 is 0. The van der Waals surface area contributed by atoms with Gasteiger partial charge in [0.25, 0.3) is 0 Å². The van der Waals surface area contributed by atoms with Gasteiger partial charge in [-0.1, -0.05) is 19.3 Å². The minimum atomic E-state index is -0.337. The van der Waals surface area contributed by atoms with Crippen LogP contribution in [0.2, 0.25) is 0 Å². The highest BCUT2D eigenvalue weighted by Gasteiger charge is 2.36. The smallest absolute Gasteiger partial charge is 0.319 e. The van der Waals surface area contributed by atoms with Crippen molar-refractivity contribution in [1.82, 2.24) is 5.32 Å². The minimum Gasteiger partial charge on any atom is -0.491 e. The van der Waals surface area contributed by atoms with Crippen LogP contribution in [0.1, 0.15) is 63.4 Å². The summed E-state index contributed by atoms with van der Waals surface area (Å²) in [5, 5.41) is 5.86. The highest BCUT2D eigenvalue weighted by molar-refractivity contribution is 5.91. The second-order valence-electron chi connectivity index (χ2n) is 7.97. The summed E-state index contributed by atoms with van der Waals surface area (Å²) in [4.78, 5) is 12.4. The largest absolute Gasteiger partial charge is 0.491 e. The molecule has 2 fully saturated rings. The lowest BCUT2D eigenvalue weighted by Gasteiger charge is -2.43. The van der Waals surface area contributed by atoms with E-state index in [0.717, 1.165) is 18.4 Å². The van der Waals surface area contributed by atoms with Crippen LogP contribution in [-0.2, 0) is 6.42 Å². The van der Waals surface area contributed by atoms with Gasteiger partial charge in [0.05, 0.1) is 12.3 Å². The highest BCUT2D eigenvalue weighted by atomic mass is 19.1. The molecular formula is C20H27FN2O2. The van der Waals surface area contributed by atoms with Crippen molar-refractivity contribution in [3.63, 3.8) is 0 Å². The Labute approximate surface area is 148 Å². The van der Waals surface area contributed by atoms with Crippen molar-refractivity contribution in [3.8, 4) is 5.75 Å². The average Bonchev–Trinajstić information content (AvgIpc) is 3.06. The van der Waals surface area contributed by atoms with Crippen molar-refractivity contribution in [3.05, 3.63) is 23.5 Å². The van der Waals surface area contributed by atoms with Gasteiger partial charge >= 0.3 is 6.03 Å². The third kappa shape index (κ3) is 3.60. The summed E-state index contributed by atoms with van der Waals surface area (Å²) in [6.45, 7) is 0.541. The monoisotopic (exact) mass is 346 g/mol. The zero-order chi connectivity index (χ0) is 17.3. The Balaban J connectivity index is 1.33. The maximum Gasteiger partial charge on any atom is 0.319 e. The molecule has 0 saturated heterocycles. The number of rotatable bonds is 2. The number of hydrogen-bond acceptors (Lipinski definition) is 2. The summed E-state index contributed by atoms with van der Waals surface area (Å²) in [6.07, 6.45) is 12.0. The number of benzene rings is 1. The van der Waals surface area contributed by atoms with Gasteiger partial charge in [0.1, 0.15) is 11.6 Å². The molecule has 2 amide bonds. The first-order chi connectivity index (χ1) is 12.1. The Kier molecular flexibility index (Phi) is 4.57. The van der Waals surface area contributed by atoms with Gasteiger partial charge in [-0.25, -0.2) is 9.18 Å². The van der Waals surface area contributed by atoms with Crippen molar-refractivity contribution >= 4 is 11.7 Å². The first-order valence-corrected chi connectivity index (χ1v) is 9.66. The Morgan fingerprint density at radius 1 is 1.12 bits per heavy atom. The summed E-state index contributed by atoms with van der Waals surface area (Å²) in [6, 6.07) is 2.78. The Bertz CT molecular complexity index is 645. The number of ether oxygens (including phenoxy) is 1. The molecule has 0 unspecified atom stereocenters. The highest BCUT2D eigenvalue weighted by Crippen LogP contribution is 2.47. The minimum absolute atomic E-state index is 0.218. The van der Waals surface area contributed by atoms with Gasteiger partial charge in [0, 0.05) is 24.1 Å². The molecular weight excluding hydrogens is 319 g/mol. The molecule has 0 radical (unpaired) electrons. The molecule has 5 heteroatoms. The Morgan fingerprint density at radius 3 is 2.64 bits per heavy atom. The van der Waals surface area contributed by atoms with Gasteiger partial charge in [-0.3, -0.25) is 0 Å². The van der Waals surface area contributed by atoms with Crippen molar-refractivity contribution in [2.75, 3.05) is 11.9 Å². The van der Waals surface area contributed by atoms with E-state index in [1.807, 2.05) is 0 Å². The SMILES string of the molecule is O=C(Nc1cc(F)cc2c1OCC2)NC1CCC2(CCCCC2)CC1. The van der Waals surface area contributed by atoms with Gasteiger partial charge < -0.3 is 15.4 Å². The molecule has 2 N–H and O–H groups in total. The summed E-state index contributed by atoms with van der Waals surface area (Å²) in [7, 11) is 0. The second-order valence-corrected chi connectivity index (χ2v) is 7.97. The lowest BCUT2D eigenvalue weighted by molar-refractivity contribution is 0.109. The molecule has 1 aromatic rings. The van der Waals surface area contributed by atoms with Crippen LogP contribution in [0.15, 0.2) is 12.1 Å². The molecule has 1 aromatic carbocycles. The fourth-order valence-electron chi connectivity index (χ4n) is 4.88. The van der Waals surface area contributed by atoms with Gasteiger partial charge in [-0.2, -0.15) is 0 Å². The summed E-state index contributed by atoms with van der Waals surface area (Å²) in [5.41, 5.74) is 1.81. The first-order valence-electron chi connectivity index (χ1n) is 9.66. The molecule has 1 heterocycles. The van der Waals surface area contributed by atoms with Crippen molar-refractivity contribution < 1.29 is 13.9 Å². The molecule has 0 bridgehead atoms. The second kappa shape index (κ2) is 6.85. The van der Waals surface area contributed by atoms with Crippen LogP contribution in [0, 0.1) is 11.2 Å². The molecule has 25 heavy (non-hydrogen) atoms.